The third-order valence-corrected chi connectivity index (χ3v) is 5.14. The van der Waals surface area contributed by atoms with E-state index < -0.39 is 10.0 Å². The zero-order valence-corrected chi connectivity index (χ0v) is 16.2. The molecule has 0 radical (unpaired) electrons. The van der Waals surface area contributed by atoms with Gasteiger partial charge >= 0.3 is 0 Å². The van der Waals surface area contributed by atoms with E-state index in [0.29, 0.717) is 16.1 Å². The summed E-state index contributed by atoms with van der Waals surface area (Å²) < 4.78 is 26.8. The molecule has 0 spiro atoms. The van der Waals surface area contributed by atoms with Crippen molar-refractivity contribution in [3.63, 3.8) is 0 Å². The second-order valence-electron chi connectivity index (χ2n) is 5.12. The maximum absolute atomic E-state index is 12.8. The maximum Gasteiger partial charge on any atom is 0.269 e. The molecule has 0 aliphatic heterocycles. The van der Waals surface area contributed by atoms with Crippen molar-refractivity contribution >= 4 is 32.7 Å². The molecule has 0 saturated carbocycles. The molecule has 0 aliphatic carbocycles. The number of halogens is 1. The number of aryl methyl sites for hydroxylation is 1. The Bertz CT molecular complexity index is 902. The smallest absolute Gasteiger partial charge is 0.237 e. The van der Waals surface area contributed by atoms with Crippen LogP contribution >= 0.6 is 11.6 Å². The van der Waals surface area contributed by atoms with E-state index in [1.165, 1.54) is 24.5 Å². The Balaban J connectivity index is 0.00000139. The highest BCUT2D eigenvalue weighted by Crippen LogP contribution is 2.29. The summed E-state index contributed by atoms with van der Waals surface area (Å²) in [7, 11) is -3.78. The zero-order chi connectivity index (χ0) is 18.5. The average molecular weight is 367 g/mol. The number of hydrogen-bond donors (Lipinski definition) is 0. The van der Waals surface area contributed by atoms with Crippen LogP contribution in [0.15, 0.2) is 53.7 Å². The lowest BCUT2D eigenvalue weighted by atomic mass is 10.2. The minimum absolute atomic E-state index is 0.104. The van der Waals surface area contributed by atoms with Gasteiger partial charge in [0.05, 0.1) is 9.93 Å². The van der Waals surface area contributed by atoms with Gasteiger partial charge in [-0.1, -0.05) is 43.7 Å². The van der Waals surface area contributed by atoms with Crippen LogP contribution in [0.5, 0.6) is 0 Å². The van der Waals surface area contributed by atoms with Crippen LogP contribution in [0.1, 0.15) is 33.3 Å². The number of pyridine rings is 1. The average Bonchev–Trinajstić information content (AvgIpc) is 2.88. The molecule has 2 rings (SSSR count). The summed E-state index contributed by atoms with van der Waals surface area (Å²) in [5.74, 6) is 0. The third-order valence-electron chi connectivity index (χ3n) is 3.13. The fraction of sp³-hybridized carbons (Fsp3) is 0.278. The lowest BCUT2D eigenvalue weighted by molar-refractivity contribution is 0.596. The Morgan fingerprint density at radius 1 is 1.29 bits per heavy atom. The molecule has 0 bridgehead atoms. The van der Waals surface area contributed by atoms with E-state index in [1.54, 1.807) is 19.1 Å². The van der Waals surface area contributed by atoms with E-state index >= 15 is 0 Å². The summed E-state index contributed by atoms with van der Waals surface area (Å²) in [5.41, 5.74) is 2.06. The Hall–Kier alpha value is -1.85. The van der Waals surface area contributed by atoms with E-state index in [2.05, 4.69) is 11.6 Å². The van der Waals surface area contributed by atoms with Crippen molar-refractivity contribution in [2.24, 2.45) is 0 Å². The molecule has 0 N–H and O–H groups in total. The Morgan fingerprint density at radius 2 is 1.92 bits per heavy atom. The predicted molar refractivity (Wildman–Crippen MR) is 103 cm³/mol. The van der Waals surface area contributed by atoms with Gasteiger partial charge in [-0.25, -0.2) is 17.4 Å². The molecule has 0 amide bonds. The largest absolute Gasteiger partial charge is 0.269 e. The predicted octanol–water partition coefficient (Wildman–Crippen LogP) is 5.24. The molecule has 2 aromatic rings. The van der Waals surface area contributed by atoms with Crippen LogP contribution < -0.4 is 0 Å². The van der Waals surface area contributed by atoms with Crippen LogP contribution in [-0.2, 0) is 10.0 Å². The molecule has 130 valence electrons. The molecule has 4 nitrogen and oxygen atoms in total. The number of hydrogen-bond acceptors (Lipinski definition) is 3. The quantitative estimate of drug-likeness (QED) is 0.695. The van der Waals surface area contributed by atoms with Crippen LogP contribution in [0.4, 0.5) is 0 Å². The van der Waals surface area contributed by atoms with Crippen molar-refractivity contribution in [1.82, 2.24) is 8.96 Å². The van der Waals surface area contributed by atoms with Gasteiger partial charge in [0, 0.05) is 17.8 Å². The van der Waals surface area contributed by atoms with Gasteiger partial charge < -0.3 is 0 Å². The fourth-order valence-corrected chi connectivity index (χ4v) is 3.70. The van der Waals surface area contributed by atoms with Gasteiger partial charge in [-0.2, -0.15) is 0 Å². The Kier molecular flexibility index (Phi) is 6.99. The van der Waals surface area contributed by atoms with Crippen molar-refractivity contribution in [1.29, 1.82) is 0 Å². The summed E-state index contributed by atoms with van der Waals surface area (Å²) in [4.78, 5) is 4.27. The highest BCUT2D eigenvalue weighted by molar-refractivity contribution is 7.94. The lowest BCUT2D eigenvalue weighted by Gasteiger charge is -2.07. The first-order valence-corrected chi connectivity index (χ1v) is 9.46. The fourth-order valence-electron chi connectivity index (χ4n) is 2.07. The Morgan fingerprint density at radius 3 is 2.46 bits per heavy atom. The number of rotatable bonds is 4. The highest BCUT2D eigenvalue weighted by Gasteiger charge is 2.22. The first-order chi connectivity index (χ1) is 11.3. The van der Waals surface area contributed by atoms with Crippen molar-refractivity contribution in [2.75, 3.05) is 0 Å². The van der Waals surface area contributed by atoms with Crippen molar-refractivity contribution in [3.8, 4) is 0 Å². The SMILES string of the molecule is C=C/C(=C\C=C(C)C)S(=O)(=O)n1cc(C)c2c(Cl)ccnc21.CC. The lowest BCUT2D eigenvalue weighted by Crippen LogP contribution is -2.13. The van der Waals surface area contributed by atoms with Crippen LogP contribution in [0.25, 0.3) is 11.0 Å². The molecule has 24 heavy (non-hydrogen) atoms. The molecule has 0 aliphatic rings. The van der Waals surface area contributed by atoms with E-state index in [1.807, 2.05) is 27.7 Å². The molecule has 0 atom stereocenters. The van der Waals surface area contributed by atoms with Crippen molar-refractivity contribution in [2.45, 2.75) is 34.6 Å². The summed E-state index contributed by atoms with van der Waals surface area (Å²) >= 11 is 6.15. The van der Waals surface area contributed by atoms with E-state index in [0.717, 1.165) is 15.1 Å². The summed E-state index contributed by atoms with van der Waals surface area (Å²) in [6, 6.07) is 1.64. The van der Waals surface area contributed by atoms with Gasteiger partial charge in [-0.15, -0.1) is 0 Å². The molecular formula is C18H23ClN2O2S. The molecule has 0 fully saturated rings. The molecule has 0 unspecified atom stereocenters. The first kappa shape index (κ1) is 20.2. The van der Waals surface area contributed by atoms with Gasteiger partial charge in [0.2, 0.25) is 0 Å². The van der Waals surface area contributed by atoms with Crippen molar-refractivity contribution in [3.05, 3.63) is 64.3 Å². The van der Waals surface area contributed by atoms with Crippen LogP contribution in [0.3, 0.4) is 0 Å². The van der Waals surface area contributed by atoms with Crippen molar-refractivity contribution < 1.29 is 8.42 Å². The molecule has 0 saturated heterocycles. The highest BCUT2D eigenvalue weighted by atomic mass is 35.5. The normalized spacial score (nSPS) is 11.7. The van der Waals surface area contributed by atoms with Gasteiger partial charge in [-0.05, 0) is 44.6 Å². The van der Waals surface area contributed by atoms with Gasteiger partial charge in [0.25, 0.3) is 10.0 Å². The van der Waals surface area contributed by atoms with Crippen LogP contribution in [0, 0.1) is 6.92 Å². The summed E-state index contributed by atoms with van der Waals surface area (Å²) in [6.45, 7) is 13.2. The molecule has 6 heteroatoms. The van der Waals surface area contributed by atoms with Gasteiger partial charge in [-0.3, -0.25) is 0 Å². The summed E-state index contributed by atoms with van der Waals surface area (Å²) in [6.07, 6.45) is 7.60. The topological polar surface area (TPSA) is 52.0 Å². The maximum atomic E-state index is 12.8. The second-order valence-corrected chi connectivity index (χ2v) is 7.34. The molecular weight excluding hydrogens is 344 g/mol. The first-order valence-electron chi connectivity index (χ1n) is 7.64. The minimum Gasteiger partial charge on any atom is -0.237 e. The minimum atomic E-state index is -3.78. The number of aromatic nitrogens is 2. The van der Waals surface area contributed by atoms with Gasteiger partial charge in [0.1, 0.15) is 0 Å². The number of nitrogens with zero attached hydrogens (tertiary/aromatic N) is 2. The van der Waals surface area contributed by atoms with Crippen LogP contribution in [0.2, 0.25) is 5.02 Å². The van der Waals surface area contributed by atoms with Crippen LogP contribution in [-0.4, -0.2) is 17.4 Å². The third kappa shape index (κ3) is 3.97. The van der Waals surface area contributed by atoms with Gasteiger partial charge in [0.15, 0.2) is 5.65 Å². The van der Waals surface area contributed by atoms with E-state index in [9.17, 15) is 8.42 Å². The second kappa shape index (κ2) is 8.31. The molecule has 2 heterocycles. The standard InChI is InChI=1S/C16H17ClN2O2S.C2H6/c1-5-13(7-6-11(2)3)22(20,21)19-10-12(4)15-14(17)8-9-18-16(15)19;1-2/h5-10H,1H2,2-4H3;1-2H3/b13-7+;. The molecule has 0 aromatic carbocycles. The monoisotopic (exact) mass is 366 g/mol. The number of fused-ring (bicyclic) bond motifs is 1. The van der Waals surface area contributed by atoms with E-state index in [4.69, 9.17) is 11.6 Å². The van der Waals surface area contributed by atoms with E-state index in [-0.39, 0.29) is 4.91 Å². The Labute approximate surface area is 149 Å². The summed E-state index contributed by atoms with van der Waals surface area (Å²) in [5, 5.41) is 1.11. The zero-order valence-electron chi connectivity index (χ0n) is 14.7. The number of allylic oxidation sites excluding steroid dienone is 4. The molecule has 2 aromatic heterocycles.